The highest BCUT2D eigenvalue weighted by molar-refractivity contribution is 5.24. The molecule has 2 nitrogen and oxygen atoms in total. The first-order valence-electron chi connectivity index (χ1n) is 3.77. The Hall–Kier alpha value is -1.12. The first kappa shape index (κ1) is 8.97. The number of hydrogen-bond donors (Lipinski definition) is 1. The van der Waals surface area contributed by atoms with Crippen molar-refractivity contribution >= 4 is 0 Å². The summed E-state index contributed by atoms with van der Waals surface area (Å²) in [5.41, 5.74) is 0.241. The molecule has 0 fully saturated rings. The van der Waals surface area contributed by atoms with Gasteiger partial charge in [-0.1, -0.05) is 20.8 Å². The van der Waals surface area contributed by atoms with Crippen LogP contribution in [0.15, 0.2) is 12.1 Å². The third-order valence-electron chi connectivity index (χ3n) is 1.64. The van der Waals surface area contributed by atoms with Gasteiger partial charge in [0.15, 0.2) is 0 Å². The van der Waals surface area contributed by atoms with Crippen LogP contribution in [-0.4, -0.2) is 10.1 Å². The smallest absolute Gasteiger partial charge is 0.219 e. The summed E-state index contributed by atoms with van der Waals surface area (Å²) in [5, 5.41) is 8.85. The molecule has 1 rings (SSSR count). The van der Waals surface area contributed by atoms with Crippen LogP contribution in [0.1, 0.15) is 26.3 Å². The molecule has 0 aromatic carbocycles. The fourth-order valence-corrected chi connectivity index (χ4v) is 0.984. The summed E-state index contributed by atoms with van der Waals surface area (Å²) in [4.78, 5) is 3.33. The third-order valence-corrected chi connectivity index (χ3v) is 1.64. The largest absolute Gasteiger partial charge is 0.493 e. The van der Waals surface area contributed by atoms with Crippen LogP contribution in [0.25, 0.3) is 0 Å². The lowest BCUT2D eigenvalue weighted by Gasteiger charge is -2.18. The molecular formula is C9H12FNO. The Bertz CT molecular complexity index is 291. The predicted molar refractivity (Wildman–Crippen MR) is 44.6 cm³/mol. The van der Waals surface area contributed by atoms with E-state index in [1.807, 2.05) is 20.8 Å². The van der Waals surface area contributed by atoms with Crippen molar-refractivity contribution in [1.82, 2.24) is 4.98 Å². The van der Waals surface area contributed by atoms with E-state index in [9.17, 15) is 4.39 Å². The number of hydrogen-bond acceptors (Lipinski definition) is 2. The van der Waals surface area contributed by atoms with Crippen LogP contribution in [0.3, 0.4) is 0 Å². The highest BCUT2D eigenvalue weighted by atomic mass is 19.1. The Labute approximate surface area is 71.1 Å². The average Bonchev–Trinajstić information content (AvgIpc) is 1.83. The van der Waals surface area contributed by atoms with Gasteiger partial charge in [-0.25, -0.2) is 0 Å². The number of aromatic nitrogens is 1. The first-order chi connectivity index (χ1) is 5.41. The second-order valence-corrected chi connectivity index (χ2v) is 3.76. The zero-order chi connectivity index (χ0) is 9.35. The van der Waals surface area contributed by atoms with Gasteiger partial charge in [0.25, 0.3) is 0 Å². The van der Waals surface area contributed by atoms with Gasteiger partial charge in [0.05, 0.1) is 0 Å². The Morgan fingerprint density at radius 3 is 2.33 bits per heavy atom. The second kappa shape index (κ2) is 2.73. The fourth-order valence-electron chi connectivity index (χ4n) is 0.984. The molecule has 0 spiro atoms. The van der Waals surface area contributed by atoms with Gasteiger partial charge in [-0.15, -0.1) is 0 Å². The molecule has 3 heteroatoms. The molecule has 66 valence electrons. The van der Waals surface area contributed by atoms with Gasteiger partial charge in [-0.05, 0) is 11.5 Å². The lowest BCUT2D eigenvalue weighted by Crippen LogP contribution is -2.14. The molecule has 0 aliphatic rings. The van der Waals surface area contributed by atoms with Gasteiger partial charge < -0.3 is 5.11 Å². The Balaban J connectivity index is 3.19. The summed E-state index contributed by atoms with van der Waals surface area (Å²) in [6.45, 7) is 5.68. The Morgan fingerprint density at radius 2 is 1.92 bits per heavy atom. The van der Waals surface area contributed by atoms with Crippen molar-refractivity contribution in [2.45, 2.75) is 26.2 Å². The Morgan fingerprint density at radius 1 is 1.33 bits per heavy atom. The van der Waals surface area contributed by atoms with Gasteiger partial charge in [0.1, 0.15) is 0 Å². The van der Waals surface area contributed by atoms with Crippen LogP contribution in [0, 0.1) is 5.95 Å². The van der Waals surface area contributed by atoms with Crippen LogP contribution < -0.4 is 0 Å². The van der Waals surface area contributed by atoms with E-state index < -0.39 is 5.95 Å². The zero-order valence-corrected chi connectivity index (χ0v) is 7.43. The number of rotatable bonds is 0. The van der Waals surface area contributed by atoms with Crippen molar-refractivity contribution < 1.29 is 9.50 Å². The molecule has 0 aliphatic carbocycles. The quantitative estimate of drug-likeness (QED) is 0.604. The average molecular weight is 169 g/mol. The van der Waals surface area contributed by atoms with Crippen LogP contribution in [0.5, 0.6) is 5.88 Å². The van der Waals surface area contributed by atoms with Gasteiger partial charge in [0, 0.05) is 11.6 Å². The summed E-state index contributed by atoms with van der Waals surface area (Å²) in [6, 6.07) is 2.95. The molecule has 0 atom stereocenters. The monoisotopic (exact) mass is 169 g/mol. The molecule has 0 bridgehead atoms. The molecule has 1 heterocycles. The molecule has 0 saturated carbocycles. The highest BCUT2D eigenvalue weighted by Gasteiger charge is 2.19. The first-order valence-corrected chi connectivity index (χ1v) is 3.77. The molecule has 1 aromatic heterocycles. The van der Waals surface area contributed by atoms with Crippen LogP contribution in [-0.2, 0) is 5.41 Å². The minimum atomic E-state index is -0.595. The van der Waals surface area contributed by atoms with E-state index >= 15 is 0 Å². The van der Waals surface area contributed by atoms with E-state index in [1.165, 1.54) is 6.07 Å². The maximum atomic E-state index is 13.1. The number of halogens is 1. The summed E-state index contributed by atoms with van der Waals surface area (Å²) in [6.07, 6.45) is 0. The SMILES string of the molecule is CC(C)(C)c1ccc(O)nc1F. The highest BCUT2D eigenvalue weighted by Crippen LogP contribution is 2.24. The van der Waals surface area contributed by atoms with Crippen LogP contribution >= 0.6 is 0 Å². The van der Waals surface area contributed by atoms with Gasteiger partial charge in [0.2, 0.25) is 11.8 Å². The predicted octanol–water partition coefficient (Wildman–Crippen LogP) is 2.22. The van der Waals surface area contributed by atoms with E-state index in [-0.39, 0.29) is 11.3 Å². The lowest BCUT2D eigenvalue weighted by molar-refractivity contribution is 0.423. The van der Waals surface area contributed by atoms with Crippen molar-refractivity contribution in [3.05, 3.63) is 23.6 Å². The zero-order valence-electron chi connectivity index (χ0n) is 7.43. The van der Waals surface area contributed by atoms with E-state index in [0.717, 1.165) is 0 Å². The van der Waals surface area contributed by atoms with Crippen LogP contribution in [0.2, 0.25) is 0 Å². The number of aromatic hydroxyl groups is 1. The maximum absolute atomic E-state index is 13.1. The molecular weight excluding hydrogens is 157 g/mol. The van der Waals surface area contributed by atoms with E-state index in [1.54, 1.807) is 6.07 Å². The molecule has 0 unspecified atom stereocenters. The summed E-state index contributed by atoms with van der Waals surface area (Å²) in [7, 11) is 0. The van der Waals surface area contributed by atoms with Crippen molar-refractivity contribution in [2.75, 3.05) is 0 Å². The molecule has 1 aromatic rings. The van der Waals surface area contributed by atoms with Crippen molar-refractivity contribution in [2.24, 2.45) is 0 Å². The minimum absolute atomic E-state index is 0.273. The lowest BCUT2D eigenvalue weighted by atomic mass is 9.88. The molecule has 0 saturated heterocycles. The standard InChI is InChI=1S/C9H12FNO/c1-9(2,3)6-4-5-7(12)11-8(6)10/h4-5H,1-3H3,(H,11,12). The van der Waals surface area contributed by atoms with Crippen LogP contribution in [0.4, 0.5) is 4.39 Å². The van der Waals surface area contributed by atoms with Gasteiger partial charge in [-0.3, -0.25) is 0 Å². The van der Waals surface area contributed by atoms with Gasteiger partial charge >= 0.3 is 0 Å². The molecule has 0 radical (unpaired) electrons. The van der Waals surface area contributed by atoms with E-state index in [0.29, 0.717) is 5.56 Å². The maximum Gasteiger partial charge on any atom is 0.219 e. The molecule has 1 N–H and O–H groups in total. The topological polar surface area (TPSA) is 33.1 Å². The minimum Gasteiger partial charge on any atom is -0.493 e. The Kier molecular flexibility index (Phi) is 2.04. The third kappa shape index (κ3) is 1.72. The van der Waals surface area contributed by atoms with Crippen molar-refractivity contribution in [3.63, 3.8) is 0 Å². The second-order valence-electron chi connectivity index (χ2n) is 3.76. The van der Waals surface area contributed by atoms with Crippen molar-refractivity contribution in [1.29, 1.82) is 0 Å². The van der Waals surface area contributed by atoms with E-state index in [4.69, 9.17) is 5.11 Å². The molecule has 0 amide bonds. The van der Waals surface area contributed by atoms with Crippen molar-refractivity contribution in [3.8, 4) is 5.88 Å². The molecule has 0 aliphatic heterocycles. The fraction of sp³-hybridized carbons (Fsp3) is 0.444. The number of pyridine rings is 1. The molecule has 12 heavy (non-hydrogen) atoms. The number of nitrogens with zero attached hydrogens (tertiary/aromatic N) is 1. The van der Waals surface area contributed by atoms with Gasteiger partial charge in [-0.2, -0.15) is 9.37 Å². The summed E-state index contributed by atoms with van der Waals surface area (Å²) < 4.78 is 13.1. The van der Waals surface area contributed by atoms with E-state index in [2.05, 4.69) is 4.98 Å². The normalized spacial score (nSPS) is 11.7. The summed E-state index contributed by atoms with van der Waals surface area (Å²) >= 11 is 0. The summed E-state index contributed by atoms with van der Waals surface area (Å²) in [5.74, 6) is -0.872.